The predicted octanol–water partition coefficient (Wildman–Crippen LogP) is 5.66. The van der Waals surface area contributed by atoms with Crippen molar-refractivity contribution in [3.63, 3.8) is 0 Å². The Morgan fingerprint density at radius 2 is 1.13 bits per heavy atom. The number of rotatable bonds is 5. The first kappa shape index (κ1) is 40.0. The zero-order valence-corrected chi connectivity index (χ0v) is 33.9. The van der Waals surface area contributed by atoms with Gasteiger partial charge in [0.2, 0.25) is 10.6 Å². The second kappa shape index (κ2) is 18.8. The molecule has 1 amide bonds. The van der Waals surface area contributed by atoms with Crippen molar-refractivity contribution in [1.29, 1.82) is 0 Å². The van der Waals surface area contributed by atoms with Gasteiger partial charge >= 0.3 is 6.09 Å². The van der Waals surface area contributed by atoms with E-state index in [0.29, 0.717) is 28.4 Å². The maximum atomic E-state index is 12.3. The Labute approximate surface area is 327 Å². The topological polar surface area (TPSA) is 109 Å². The number of amides is 1. The highest BCUT2D eigenvalue weighted by Gasteiger charge is 2.47. The molecule has 0 N–H and O–H groups in total. The second-order valence-corrected chi connectivity index (χ2v) is 17.1. The number of hydrogen-bond donors (Lipinski definition) is 0. The molecule has 4 saturated heterocycles. The first-order valence-electron chi connectivity index (χ1n) is 18.9. The number of carbonyl (C=O) groups excluding carboxylic acids is 1. The van der Waals surface area contributed by atoms with Crippen LogP contribution < -0.4 is 0 Å². The summed E-state index contributed by atoms with van der Waals surface area (Å²) in [5, 5.41) is 1.39. The molecule has 4 aliphatic heterocycles. The van der Waals surface area contributed by atoms with Crippen LogP contribution in [-0.4, -0.2) is 142 Å². The van der Waals surface area contributed by atoms with Crippen LogP contribution in [0.25, 0.3) is 0 Å². The summed E-state index contributed by atoms with van der Waals surface area (Å²) in [6.07, 6.45) is 12.2. The summed E-state index contributed by atoms with van der Waals surface area (Å²) in [7, 11) is 0. The van der Waals surface area contributed by atoms with Crippen LogP contribution in [0.3, 0.4) is 0 Å². The molecule has 2 aliphatic carbocycles. The number of fused-ring (bicyclic) bond motifs is 4. The fourth-order valence-corrected chi connectivity index (χ4v) is 9.60. The van der Waals surface area contributed by atoms with E-state index in [2.05, 4.69) is 50.6 Å². The minimum Gasteiger partial charge on any atom is -0.444 e. The number of morpholine rings is 2. The maximum Gasteiger partial charge on any atom is 0.410 e. The van der Waals surface area contributed by atoms with E-state index < -0.39 is 5.60 Å². The molecule has 0 aromatic carbocycles. The molecule has 4 unspecified atom stereocenters. The lowest BCUT2D eigenvalue weighted by Gasteiger charge is -2.45. The van der Waals surface area contributed by atoms with Crippen LogP contribution in [0.5, 0.6) is 0 Å². The average Bonchev–Trinajstić information content (AvgIpc) is 3.57. The zero-order chi connectivity index (χ0) is 36.7. The highest BCUT2D eigenvalue weighted by atomic mass is 79.9. The SMILES string of the molecule is CC(C)(C)OC(=O)N1CC2CCC(C1)C2N1CCOCC1.Clc1ncc(CBr)cn1.Clc1ncc(CN2CC3CCC(C2)C3N2CCOCC2)cn1. The Kier molecular flexibility index (Phi) is 14.4. The summed E-state index contributed by atoms with van der Waals surface area (Å²) in [6.45, 7) is 18.7. The van der Waals surface area contributed by atoms with Crippen molar-refractivity contribution in [2.24, 2.45) is 23.7 Å². The summed E-state index contributed by atoms with van der Waals surface area (Å²) < 4.78 is 16.5. The van der Waals surface area contributed by atoms with Crippen molar-refractivity contribution >= 4 is 45.2 Å². The molecule has 2 aromatic rings. The molecule has 0 spiro atoms. The molecular formula is C37H55BrCl2N8O4. The Balaban J connectivity index is 0.000000145. The van der Waals surface area contributed by atoms with Crippen LogP contribution in [0.4, 0.5) is 4.79 Å². The number of halogens is 3. The van der Waals surface area contributed by atoms with Gasteiger partial charge in [-0.15, -0.1) is 0 Å². The Morgan fingerprint density at radius 1 is 0.731 bits per heavy atom. The number of likely N-dealkylation sites (tertiary alicyclic amines) is 2. The predicted molar refractivity (Wildman–Crippen MR) is 205 cm³/mol. The molecular weight excluding hydrogens is 771 g/mol. The minimum atomic E-state index is -0.406. The van der Waals surface area contributed by atoms with Gasteiger partial charge in [-0.3, -0.25) is 14.7 Å². The fourth-order valence-electron chi connectivity index (χ4n) is 9.12. The zero-order valence-electron chi connectivity index (χ0n) is 30.8. The van der Waals surface area contributed by atoms with Gasteiger partial charge in [0.15, 0.2) is 0 Å². The first-order chi connectivity index (χ1) is 25.1. The van der Waals surface area contributed by atoms with Gasteiger partial charge in [-0.05, 0) is 98.9 Å². The van der Waals surface area contributed by atoms with Gasteiger partial charge in [0.05, 0.1) is 26.4 Å². The summed E-state index contributed by atoms with van der Waals surface area (Å²) in [5.41, 5.74) is 1.78. The second-order valence-electron chi connectivity index (χ2n) is 15.9. The lowest BCUT2D eigenvalue weighted by atomic mass is 9.90. The molecule has 6 aliphatic rings. The van der Waals surface area contributed by atoms with E-state index in [-0.39, 0.29) is 6.09 Å². The fraction of sp³-hybridized carbons (Fsp3) is 0.757. The van der Waals surface area contributed by atoms with Gasteiger partial charge in [-0.25, -0.2) is 24.7 Å². The van der Waals surface area contributed by atoms with Crippen LogP contribution in [0.15, 0.2) is 24.8 Å². The summed E-state index contributed by atoms with van der Waals surface area (Å²) >= 11 is 14.5. The molecule has 6 fully saturated rings. The van der Waals surface area contributed by atoms with E-state index in [1.165, 1.54) is 38.8 Å². The highest BCUT2D eigenvalue weighted by Crippen LogP contribution is 2.42. The maximum absolute atomic E-state index is 12.3. The van der Waals surface area contributed by atoms with Crippen molar-refractivity contribution in [2.45, 2.75) is 76.0 Å². The van der Waals surface area contributed by atoms with Crippen LogP contribution in [0.1, 0.15) is 57.6 Å². The van der Waals surface area contributed by atoms with Gasteiger partial charge in [-0.2, -0.15) is 0 Å². The first-order valence-corrected chi connectivity index (χ1v) is 20.8. The smallest absolute Gasteiger partial charge is 0.410 e. The molecule has 52 heavy (non-hydrogen) atoms. The van der Waals surface area contributed by atoms with Gasteiger partial charge in [0, 0.05) is 107 Å². The monoisotopic (exact) mass is 824 g/mol. The van der Waals surface area contributed by atoms with Gasteiger partial charge in [0.25, 0.3) is 0 Å². The quantitative estimate of drug-likeness (QED) is 0.275. The van der Waals surface area contributed by atoms with Crippen molar-refractivity contribution < 1.29 is 19.0 Å². The number of ether oxygens (including phenoxy) is 3. The summed E-state index contributed by atoms with van der Waals surface area (Å²) in [4.78, 5) is 37.8. The van der Waals surface area contributed by atoms with Gasteiger partial charge in [-0.1, -0.05) is 15.9 Å². The number of hydrogen-bond acceptors (Lipinski definition) is 11. The number of nitrogens with zero attached hydrogens (tertiary/aromatic N) is 8. The molecule has 6 heterocycles. The van der Waals surface area contributed by atoms with E-state index >= 15 is 0 Å². The highest BCUT2D eigenvalue weighted by molar-refractivity contribution is 9.08. The third-order valence-electron chi connectivity index (χ3n) is 11.1. The molecule has 288 valence electrons. The van der Waals surface area contributed by atoms with Crippen LogP contribution in [0, 0.1) is 23.7 Å². The van der Waals surface area contributed by atoms with E-state index in [4.69, 9.17) is 37.4 Å². The van der Waals surface area contributed by atoms with Gasteiger partial charge < -0.3 is 19.1 Å². The molecule has 2 aromatic heterocycles. The number of aromatic nitrogens is 4. The van der Waals surface area contributed by atoms with Crippen LogP contribution in [-0.2, 0) is 26.1 Å². The van der Waals surface area contributed by atoms with E-state index in [1.807, 2.05) is 38.1 Å². The van der Waals surface area contributed by atoms with Crippen LogP contribution in [0.2, 0.25) is 10.6 Å². The van der Waals surface area contributed by atoms with Gasteiger partial charge in [0.1, 0.15) is 5.60 Å². The lowest BCUT2D eigenvalue weighted by molar-refractivity contribution is -0.0322. The van der Waals surface area contributed by atoms with E-state index in [0.717, 1.165) is 107 Å². The van der Waals surface area contributed by atoms with Crippen molar-refractivity contribution in [3.05, 3.63) is 46.5 Å². The molecule has 12 nitrogen and oxygen atoms in total. The minimum absolute atomic E-state index is 0.139. The normalized spacial score (nSPS) is 29.5. The number of alkyl halides is 1. The van der Waals surface area contributed by atoms with Crippen LogP contribution >= 0.6 is 39.1 Å². The number of piperidine rings is 2. The molecule has 8 rings (SSSR count). The van der Waals surface area contributed by atoms with Crippen molar-refractivity contribution in [1.82, 2.24) is 39.5 Å². The Morgan fingerprint density at radius 3 is 1.54 bits per heavy atom. The van der Waals surface area contributed by atoms with E-state index in [9.17, 15) is 4.79 Å². The largest absolute Gasteiger partial charge is 0.444 e. The standard InChI is InChI=1S/C16H23ClN4O.C16H28N2O3.C5H4BrClN2/c17-16-18-7-12(8-19-16)9-20-10-13-1-2-14(11-20)15(13)21-3-5-22-6-4-21;1-16(2,3)21-15(19)18-10-12-4-5-13(11-18)14(12)17-6-8-20-9-7-17;6-1-4-2-8-5(7)9-3-4/h7-8,13-15H,1-6,9-11H2;12-14H,4-11H2,1-3H3;2-3H,1H2. The lowest BCUT2D eigenvalue weighted by Crippen LogP contribution is -2.56. The summed E-state index contributed by atoms with van der Waals surface area (Å²) in [5.74, 6) is 2.83. The van der Waals surface area contributed by atoms with E-state index in [1.54, 1.807) is 12.4 Å². The molecule has 2 saturated carbocycles. The third kappa shape index (κ3) is 11.0. The Bertz CT molecular complexity index is 1380. The third-order valence-corrected chi connectivity index (χ3v) is 12.2. The summed E-state index contributed by atoms with van der Waals surface area (Å²) in [6, 6.07) is 1.43. The van der Waals surface area contributed by atoms with Crippen molar-refractivity contribution in [3.8, 4) is 0 Å². The molecule has 4 bridgehead atoms. The average molecular weight is 827 g/mol. The number of carbonyl (C=O) groups is 1. The Hall–Kier alpha value is -1.71. The van der Waals surface area contributed by atoms with Crippen molar-refractivity contribution in [2.75, 3.05) is 78.8 Å². The molecule has 15 heteroatoms. The molecule has 0 radical (unpaired) electrons. The molecule has 4 atom stereocenters.